The number of halogens is 1. The zero-order valence-electron chi connectivity index (χ0n) is 18.8. The highest BCUT2D eigenvalue weighted by atomic mass is 35.5. The van der Waals surface area contributed by atoms with Gasteiger partial charge in [-0.3, -0.25) is 14.5 Å². The van der Waals surface area contributed by atoms with Crippen molar-refractivity contribution in [1.82, 2.24) is 20.2 Å². The van der Waals surface area contributed by atoms with Crippen molar-refractivity contribution in [3.63, 3.8) is 0 Å². The number of amides is 1. The molecule has 5 rings (SSSR count). The van der Waals surface area contributed by atoms with E-state index in [1.807, 2.05) is 6.07 Å². The van der Waals surface area contributed by atoms with Gasteiger partial charge in [0.25, 0.3) is 5.91 Å². The molecule has 1 fully saturated rings. The number of β-amino-alcohol motifs (C(OH)–C–C–N with tert-alkyl or cyclic N) is 1. The summed E-state index contributed by atoms with van der Waals surface area (Å²) in [7, 11) is 0. The Morgan fingerprint density at radius 3 is 3.03 bits per heavy atom. The molecule has 3 heterocycles. The maximum absolute atomic E-state index is 13.6. The summed E-state index contributed by atoms with van der Waals surface area (Å²) < 4.78 is 0. The van der Waals surface area contributed by atoms with Crippen LogP contribution in [0.25, 0.3) is 10.9 Å². The fourth-order valence-electron chi connectivity index (χ4n) is 5.04. The van der Waals surface area contributed by atoms with Gasteiger partial charge in [0, 0.05) is 46.9 Å². The Hall–Kier alpha value is -2.30. The van der Waals surface area contributed by atoms with Crippen LogP contribution in [0.4, 0.5) is 0 Å². The summed E-state index contributed by atoms with van der Waals surface area (Å²) in [6, 6.07) is 6.71. The fourth-order valence-corrected chi connectivity index (χ4v) is 6.28. The molecule has 1 aromatic carbocycles. The number of aliphatic hydroxyl groups is 1. The van der Waals surface area contributed by atoms with Gasteiger partial charge in [-0.05, 0) is 37.1 Å². The average molecular weight is 502 g/mol. The van der Waals surface area contributed by atoms with E-state index in [4.69, 9.17) is 17.3 Å². The Morgan fingerprint density at radius 2 is 2.21 bits per heavy atom. The number of nitrogens with two attached hydrogens (primary N) is 1. The SMILES string of the molecule is NC1(C(=O)c2cc3cc(Cl)ccc3[nH]2)CCCCC1NC(=O)c1nc2c(s1)CN(CCO)CC2. The van der Waals surface area contributed by atoms with Gasteiger partial charge in [-0.25, -0.2) is 4.98 Å². The number of hydrogen-bond acceptors (Lipinski definition) is 7. The van der Waals surface area contributed by atoms with Crippen LogP contribution in [0.15, 0.2) is 24.3 Å². The normalized spacial score (nSPS) is 23.1. The largest absolute Gasteiger partial charge is 0.395 e. The van der Waals surface area contributed by atoms with Crippen molar-refractivity contribution in [1.29, 1.82) is 0 Å². The molecule has 10 heteroatoms. The monoisotopic (exact) mass is 501 g/mol. The van der Waals surface area contributed by atoms with Crippen molar-refractivity contribution in [2.24, 2.45) is 5.73 Å². The van der Waals surface area contributed by atoms with E-state index in [2.05, 4.69) is 20.2 Å². The van der Waals surface area contributed by atoms with Crippen molar-refractivity contribution < 1.29 is 14.7 Å². The number of carbonyl (C=O) groups is 2. The summed E-state index contributed by atoms with van der Waals surface area (Å²) in [4.78, 5) is 37.7. The van der Waals surface area contributed by atoms with Crippen molar-refractivity contribution in [2.75, 3.05) is 19.7 Å². The Morgan fingerprint density at radius 1 is 1.35 bits per heavy atom. The van der Waals surface area contributed by atoms with Gasteiger partial charge in [-0.15, -0.1) is 11.3 Å². The van der Waals surface area contributed by atoms with E-state index in [-0.39, 0.29) is 18.3 Å². The molecule has 0 spiro atoms. The van der Waals surface area contributed by atoms with Gasteiger partial charge in [0.2, 0.25) is 5.78 Å². The Bertz CT molecular complexity index is 1240. The zero-order chi connectivity index (χ0) is 23.9. The van der Waals surface area contributed by atoms with E-state index < -0.39 is 11.6 Å². The molecule has 2 aromatic heterocycles. The summed E-state index contributed by atoms with van der Waals surface area (Å²) in [5.74, 6) is -0.492. The first-order chi connectivity index (χ1) is 16.4. The van der Waals surface area contributed by atoms with Crippen LogP contribution in [-0.2, 0) is 13.0 Å². The molecule has 2 aliphatic rings. The second kappa shape index (κ2) is 9.39. The van der Waals surface area contributed by atoms with Gasteiger partial charge >= 0.3 is 0 Å². The van der Waals surface area contributed by atoms with E-state index in [0.717, 1.165) is 47.3 Å². The third kappa shape index (κ3) is 4.38. The number of ketones is 1. The molecule has 0 bridgehead atoms. The number of benzene rings is 1. The number of aromatic amines is 1. The number of Topliss-reactive ketones (excluding diaryl/α,β-unsaturated/α-hetero) is 1. The van der Waals surface area contributed by atoms with Crippen molar-refractivity contribution in [3.05, 3.63) is 50.6 Å². The highest BCUT2D eigenvalue weighted by Crippen LogP contribution is 2.32. The molecule has 0 radical (unpaired) electrons. The fraction of sp³-hybridized carbons (Fsp3) is 0.458. The number of aromatic nitrogens is 2. The molecule has 0 saturated heterocycles. The number of aliphatic hydroxyl groups excluding tert-OH is 1. The molecule has 5 N–H and O–H groups in total. The third-order valence-corrected chi connectivity index (χ3v) is 8.25. The number of hydrogen-bond donors (Lipinski definition) is 4. The van der Waals surface area contributed by atoms with Gasteiger partial charge in [0.15, 0.2) is 5.01 Å². The van der Waals surface area contributed by atoms with Crippen LogP contribution in [0.1, 0.15) is 56.5 Å². The summed E-state index contributed by atoms with van der Waals surface area (Å²) >= 11 is 7.47. The van der Waals surface area contributed by atoms with Gasteiger partial charge in [-0.2, -0.15) is 0 Å². The molecule has 180 valence electrons. The van der Waals surface area contributed by atoms with Gasteiger partial charge in [0.1, 0.15) is 5.54 Å². The Labute approximate surface area is 206 Å². The van der Waals surface area contributed by atoms with Gasteiger partial charge < -0.3 is 21.1 Å². The van der Waals surface area contributed by atoms with E-state index >= 15 is 0 Å². The molecule has 1 saturated carbocycles. The van der Waals surface area contributed by atoms with Crippen LogP contribution in [-0.4, -0.2) is 62.9 Å². The molecule has 3 aromatic rings. The molecule has 34 heavy (non-hydrogen) atoms. The van der Waals surface area contributed by atoms with Gasteiger partial charge in [0.05, 0.1) is 24.0 Å². The smallest absolute Gasteiger partial charge is 0.280 e. The number of carbonyl (C=O) groups excluding carboxylic acids is 2. The minimum absolute atomic E-state index is 0.110. The van der Waals surface area contributed by atoms with Crippen LogP contribution in [0.3, 0.4) is 0 Å². The summed E-state index contributed by atoms with van der Waals surface area (Å²) in [6.45, 7) is 2.23. The van der Waals surface area contributed by atoms with Crippen LogP contribution >= 0.6 is 22.9 Å². The Balaban J connectivity index is 1.35. The standard InChI is InChI=1S/C24H28ClN5O3S/c25-15-4-5-16-14(11-15)12-18(27-16)21(32)24(26)7-2-1-3-20(24)29-22(33)23-28-17-6-8-30(9-10-31)13-19(17)34-23/h4-5,11-12,20,27,31H,1-3,6-10,13,26H2,(H,29,33). The molecule has 1 aliphatic carbocycles. The van der Waals surface area contributed by atoms with Crippen molar-refractivity contribution in [2.45, 2.75) is 50.2 Å². The second-order valence-corrected chi connectivity index (χ2v) is 10.7. The minimum Gasteiger partial charge on any atom is -0.395 e. The summed E-state index contributed by atoms with van der Waals surface area (Å²) in [6.07, 6.45) is 3.61. The highest BCUT2D eigenvalue weighted by Gasteiger charge is 2.45. The van der Waals surface area contributed by atoms with Crippen LogP contribution in [0, 0.1) is 0 Å². The predicted molar refractivity (Wildman–Crippen MR) is 132 cm³/mol. The molecular weight excluding hydrogens is 474 g/mol. The molecule has 2 atom stereocenters. The zero-order valence-corrected chi connectivity index (χ0v) is 20.3. The first-order valence-corrected chi connectivity index (χ1v) is 12.8. The molecular formula is C24H28ClN5O3S. The van der Waals surface area contributed by atoms with Crippen molar-refractivity contribution >= 4 is 45.5 Å². The first kappa shape index (κ1) is 23.4. The quantitative estimate of drug-likeness (QED) is 0.385. The lowest BCUT2D eigenvalue weighted by molar-refractivity contribution is 0.0755. The molecule has 1 aliphatic heterocycles. The maximum Gasteiger partial charge on any atom is 0.280 e. The maximum atomic E-state index is 13.6. The third-order valence-electron chi connectivity index (χ3n) is 6.93. The predicted octanol–water partition coefficient (Wildman–Crippen LogP) is 2.88. The van der Waals surface area contributed by atoms with Crippen molar-refractivity contribution in [3.8, 4) is 0 Å². The number of fused-ring (bicyclic) bond motifs is 2. The number of H-pyrrole nitrogens is 1. The van der Waals surface area contributed by atoms with Crippen LogP contribution < -0.4 is 11.1 Å². The van der Waals surface area contributed by atoms with Gasteiger partial charge in [-0.1, -0.05) is 24.4 Å². The number of nitrogens with one attached hydrogen (secondary N) is 2. The molecule has 1 amide bonds. The lowest BCUT2D eigenvalue weighted by atomic mass is 9.74. The molecule has 2 unspecified atom stereocenters. The van der Waals surface area contributed by atoms with E-state index in [1.165, 1.54) is 11.3 Å². The first-order valence-electron chi connectivity index (χ1n) is 11.6. The topological polar surface area (TPSA) is 124 Å². The van der Waals surface area contributed by atoms with E-state index in [9.17, 15) is 14.7 Å². The lowest BCUT2D eigenvalue weighted by Crippen LogP contribution is -2.64. The number of thiazole rings is 1. The van der Waals surface area contributed by atoms with Crippen LogP contribution in [0.5, 0.6) is 0 Å². The molecule has 8 nitrogen and oxygen atoms in total. The number of rotatable bonds is 6. The Kier molecular flexibility index (Phi) is 6.47. The number of nitrogens with zero attached hydrogens (tertiary/aromatic N) is 2. The van der Waals surface area contributed by atoms with E-state index in [0.29, 0.717) is 41.7 Å². The highest BCUT2D eigenvalue weighted by molar-refractivity contribution is 7.13. The van der Waals surface area contributed by atoms with E-state index in [1.54, 1.807) is 18.2 Å². The lowest BCUT2D eigenvalue weighted by Gasteiger charge is -2.39. The minimum atomic E-state index is -1.20. The average Bonchev–Trinajstić information content (AvgIpc) is 3.44. The second-order valence-electron chi connectivity index (χ2n) is 9.19. The summed E-state index contributed by atoms with van der Waals surface area (Å²) in [5, 5.41) is 14.1. The summed E-state index contributed by atoms with van der Waals surface area (Å²) in [5.41, 5.74) is 7.73. The van der Waals surface area contributed by atoms with Crippen LogP contribution in [0.2, 0.25) is 5.02 Å².